The molecule has 4 N–H and O–H groups in total. The second kappa shape index (κ2) is 5.94. The van der Waals surface area contributed by atoms with Crippen LogP contribution < -0.4 is 5.32 Å². The predicted octanol–water partition coefficient (Wildman–Crippen LogP) is -1.07. The van der Waals surface area contributed by atoms with Gasteiger partial charge in [0.1, 0.15) is 5.82 Å². The summed E-state index contributed by atoms with van der Waals surface area (Å²) in [6.07, 6.45) is 1.51. The molecule has 1 unspecified atom stereocenters. The molecule has 0 fully saturated rings. The van der Waals surface area contributed by atoms with E-state index >= 15 is 0 Å². The fraction of sp³-hybridized carbons (Fsp3) is 0.556. The summed E-state index contributed by atoms with van der Waals surface area (Å²) in [6, 6.07) is -1.35. The number of hydrogen-bond donors (Lipinski definition) is 4. The molecule has 1 aromatic rings. The maximum Gasteiger partial charge on any atom is 0.328 e. The Morgan fingerprint density at radius 2 is 2.24 bits per heavy atom. The van der Waals surface area contributed by atoms with Crippen molar-refractivity contribution in [3.8, 4) is 0 Å². The van der Waals surface area contributed by atoms with E-state index in [1.807, 2.05) is 6.92 Å². The summed E-state index contributed by atoms with van der Waals surface area (Å²) in [6.45, 7) is 1.27. The van der Waals surface area contributed by atoms with E-state index in [1.54, 1.807) is 0 Å². The fourth-order valence-corrected chi connectivity index (χ4v) is 1.15. The lowest BCUT2D eigenvalue weighted by molar-refractivity contribution is -0.140. The summed E-state index contributed by atoms with van der Waals surface area (Å²) in [5, 5.41) is 25.7. The van der Waals surface area contributed by atoms with Crippen LogP contribution in [0.4, 0.5) is 0 Å². The zero-order chi connectivity index (χ0) is 12.8. The molecule has 0 spiro atoms. The van der Waals surface area contributed by atoms with Crippen molar-refractivity contribution in [2.75, 3.05) is 6.61 Å². The number of nitrogens with one attached hydrogen (secondary N) is 2. The molecule has 0 aliphatic heterocycles. The molecule has 0 aliphatic rings. The summed E-state index contributed by atoms with van der Waals surface area (Å²) in [7, 11) is 0. The highest BCUT2D eigenvalue weighted by molar-refractivity contribution is 5.93. The number of carboxylic acids is 1. The molecule has 1 aromatic heterocycles. The first-order valence-corrected chi connectivity index (χ1v) is 5.14. The number of aliphatic hydroxyl groups excluding tert-OH is 1. The highest BCUT2D eigenvalue weighted by Crippen LogP contribution is 1.97. The van der Waals surface area contributed by atoms with Crippen LogP contribution in [0.3, 0.4) is 0 Å². The second-order valence-electron chi connectivity index (χ2n) is 3.40. The zero-order valence-electron chi connectivity index (χ0n) is 9.30. The topological polar surface area (TPSA) is 128 Å². The number of H-pyrrole nitrogens is 1. The first kappa shape index (κ1) is 13.1. The van der Waals surface area contributed by atoms with E-state index in [9.17, 15) is 9.59 Å². The zero-order valence-corrected chi connectivity index (χ0v) is 9.30. The van der Waals surface area contributed by atoms with Crippen LogP contribution in [0, 0.1) is 0 Å². The number of aliphatic carboxylic acids is 1. The molecule has 0 saturated heterocycles. The van der Waals surface area contributed by atoms with Crippen LogP contribution in [0.1, 0.15) is 29.8 Å². The molecule has 8 nitrogen and oxygen atoms in total. The Hall–Kier alpha value is -1.96. The number of amides is 1. The van der Waals surface area contributed by atoms with E-state index in [0.717, 1.165) is 6.42 Å². The number of aromatic amines is 1. The third-order valence-electron chi connectivity index (χ3n) is 2.01. The summed E-state index contributed by atoms with van der Waals surface area (Å²) in [5.41, 5.74) is 0. The second-order valence-corrected chi connectivity index (χ2v) is 3.40. The minimum Gasteiger partial charge on any atom is -0.480 e. The van der Waals surface area contributed by atoms with Crippen LogP contribution in [-0.4, -0.2) is 49.9 Å². The van der Waals surface area contributed by atoms with Crippen molar-refractivity contribution in [3.05, 3.63) is 11.6 Å². The molecule has 17 heavy (non-hydrogen) atoms. The molecule has 1 heterocycles. The van der Waals surface area contributed by atoms with Crippen LogP contribution in [-0.2, 0) is 11.2 Å². The molecule has 8 heteroatoms. The van der Waals surface area contributed by atoms with Gasteiger partial charge in [-0.1, -0.05) is 6.92 Å². The summed E-state index contributed by atoms with van der Waals surface area (Å²) in [5.74, 6) is -1.61. The third kappa shape index (κ3) is 3.52. The number of aliphatic hydroxyl groups is 1. The van der Waals surface area contributed by atoms with Crippen molar-refractivity contribution in [3.63, 3.8) is 0 Å². The van der Waals surface area contributed by atoms with Crippen LogP contribution in [0.5, 0.6) is 0 Å². The molecule has 0 radical (unpaired) electrons. The lowest BCUT2D eigenvalue weighted by Gasteiger charge is -2.09. The molecule has 0 aromatic carbocycles. The van der Waals surface area contributed by atoms with E-state index in [4.69, 9.17) is 10.2 Å². The average molecular weight is 242 g/mol. The maximum absolute atomic E-state index is 11.5. The fourth-order valence-electron chi connectivity index (χ4n) is 1.15. The van der Waals surface area contributed by atoms with Crippen molar-refractivity contribution in [2.24, 2.45) is 0 Å². The monoisotopic (exact) mass is 242 g/mol. The summed E-state index contributed by atoms with van der Waals surface area (Å²) < 4.78 is 0. The predicted molar refractivity (Wildman–Crippen MR) is 56.4 cm³/mol. The van der Waals surface area contributed by atoms with Crippen molar-refractivity contribution in [1.29, 1.82) is 0 Å². The van der Waals surface area contributed by atoms with Crippen molar-refractivity contribution in [1.82, 2.24) is 20.5 Å². The smallest absolute Gasteiger partial charge is 0.328 e. The van der Waals surface area contributed by atoms with Crippen LogP contribution in [0.2, 0.25) is 0 Å². The molecule has 1 rings (SSSR count). The molecule has 0 aliphatic carbocycles. The number of nitrogens with zero attached hydrogens (tertiary/aromatic N) is 2. The van der Waals surface area contributed by atoms with E-state index in [2.05, 4.69) is 20.5 Å². The largest absolute Gasteiger partial charge is 0.480 e. The molecule has 1 amide bonds. The Morgan fingerprint density at radius 3 is 2.76 bits per heavy atom. The average Bonchev–Trinajstić information content (AvgIpc) is 2.74. The SMILES string of the molecule is CCCc1nc(C(=O)NC(CO)C(=O)O)n[nH]1. The number of aryl methyl sites for hydroxylation is 1. The molecule has 1 atom stereocenters. The summed E-state index contributed by atoms with van der Waals surface area (Å²) >= 11 is 0. The standard InChI is InChI=1S/C9H14N4O4/c1-2-3-6-11-7(13-12-6)8(15)10-5(4-14)9(16)17/h5,14H,2-4H2,1H3,(H,10,15)(H,16,17)(H,11,12,13). The van der Waals surface area contributed by atoms with E-state index in [0.29, 0.717) is 12.2 Å². The maximum atomic E-state index is 11.5. The van der Waals surface area contributed by atoms with Crippen LogP contribution in [0.25, 0.3) is 0 Å². The van der Waals surface area contributed by atoms with Gasteiger partial charge in [0.25, 0.3) is 5.91 Å². The lowest BCUT2D eigenvalue weighted by atomic mass is 10.3. The third-order valence-corrected chi connectivity index (χ3v) is 2.01. The normalized spacial score (nSPS) is 12.1. The van der Waals surface area contributed by atoms with Gasteiger partial charge in [-0.25, -0.2) is 9.78 Å². The van der Waals surface area contributed by atoms with Gasteiger partial charge in [-0.3, -0.25) is 9.89 Å². The van der Waals surface area contributed by atoms with E-state index < -0.39 is 24.5 Å². The van der Waals surface area contributed by atoms with Gasteiger partial charge in [-0.05, 0) is 6.42 Å². The highest BCUT2D eigenvalue weighted by atomic mass is 16.4. The first-order valence-electron chi connectivity index (χ1n) is 5.14. The molecule has 0 saturated carbocycles. The lowest BCUT2D eigenvalue weighted by Crippen LogP contribution is -2.43. The van der Waals surface area contributed by atoms with Gasteiger partial charge in [0, 0.05) is 6.42 Å². The van der Waals surface area contributed by atoms with Gasteiger partial charge >= 0.3 is 5.97 Å². The minimum absolute atomic E-state index is 0.131. The number of carboxylic acid groups (broad SMARTS) is 1. The molecule has 94 valence electrons. The molecule has 0 bridgehead atoms. The van der Waals surface area contributed by atoms with E-state index in [1.165, 1.54) is 0 Å². The number of aromatic nitrogens is 3. The van der Waals surface area contributed by atoms with Crippen LogP contribution in [0.15, 0.2) is 0 Å². The van der Waals surface area contributed by atoms with E-state index in [-0.39, 0.29) is 5.82 Å². The quantitative estimate of drug-likeness (QED) is 0.503. The minimum atomic E-state index is -1.35. The molecular formula is C9H14N4O4. The van der Waals surface area contributed by atoms with Crippen LogP contribution >= 0.6 is 0 Å². The van der Waals surface area contributed by atoms with Gasteiger partial charge in [0.2, 0.25) is 5.82 Å². The van der Waals surface area contributed by atoms with Crippen molar-refractivity contribution >= 4 is 11.9 Å². The highest BCUT2D eigenvalue weighted by Gasteiger charge is 2.21. The Bertz CT molecular complexity index is 403. The van der Waals surface area contributed by atoms with Gasteiger partial charge in [0.05, 0.1) is 6.61 Å². The molecular weight excluding hydrogens is 228 g/mol. The first-order chi connectivity index (χ1) is 8.08. The van der Waals surface area contributed by atoms with Gasteiger partial charge in [0.15, 0.2) is 6.04 Å². The summed E-state index contributed by atoms with van der Waals surface area (Å²) in [4.78, 5) is 26.0. The Labute approximate surface area is 97.1 Å². The van der Waals surface area contributed by atoms with Gasteiger partial charge in [-0.15, -0.1) is 5.10 Å². The van der Waals surface area contributed by atoms with Gasteiger partial charge in [-0.2, -0.15) is 0 Å². The number of carbonyl (C=O) groups is 2. The Morgan fingerprint density at radius 1 is 1.53 bits per heavy atom. The van der Waals surface area contributed by atoms with Crippen molar-refractivity contribution < 1.29 is 19.8 Å². The van der Waals surface area contributed by atoms with Gasteiger partial charge < -0.3 is 15.5 Å². The Kier molecular flexibility index (Phi) is 4.58. The Balaban J connectivity index is 2.65. The number of carbonyl (C=O) groups excluding carboxylic acids is 1. The van der Waals surface area contributed by atoms with Crippen molar-refractivity contribution in [2.45, 2.75) is 25.8 Å². The number of rotatable bonds is 6. The number of hydrogen-bond acceptors (Lipinski definition) is 5.